The van der Waals surface area contributed by atoms with E-state index in [0.717, 1.165) is 5.56 Å². The van der Waals surface area contributed by atoms with Crippen molar-refractivity contribution in [3.63, 3.8) is 0 Å². The SMILES string of the molecule is CC(=O)NCc1ccc(S(=O)(=O)N/N=C\c2cccc([N+](=O)[O-])c2)cc1. The number of rotatable bonds is 7. The quantitative estimate of drug-likeness (QED) is 0.430. The number of nitro groups is 1. The van der Waals surface area contributed by atoms with Crippen molar-refractivity contribution in [3.05, 3.63) is 69.8 Å². The zero-order chi connectivity index (χ0) is 19.2. The summed E-state index contributed by atoms with van der Waals surface area (Å²) in [4.78, 5) is 23.1. The summed E-state index contributed by atoms with van der Waals surface area (Å²) in [7, 11) is -3.87. The molecule has 2 rings (SSSR count). The second-order valence-corrected chi connectivity index (χ2v) is 6.92. The van der Waals surface area contributed by atoms with Gasteiger partial charge in [-0.2, -0.15) is 13.5 Å². The molecule has 2 aromatic rings. The van der Waals surface area contributed by atoms with Gasteiger partial charge in [0.1, 0.15) is 0 Å². The molecule has 0 bridgehead atoms. The van der Waals surface area contributed by atoms with E-state index in [2.05, 4.69) is 10.4 Å². The molecule has 2 aromatic carbocycles. The van der Waals surface area contributed by atoms with Crippen LogP contribution in [0.4, 0.5) is 5.69 Å². The van der Waals surface area contributed by atoms with E-state index < -0.39 is 14.9 Å². The number of hydrazone groups is 1. The van der Waals surface area contributed by atoms with Gasteiger partial charge in [0.05, 0.1) is 16.0 Å². The maximum Gasteiger partial charge on any atom is 0.276 e. The van der Waals surface area contributed by atoms with Crippen LogP contribution in [-0.2, 0) is 21.4 Å². The molecule has 2 N–H and O–H groups in total. The molecular weight excluding hydrogens is 360 g/mol. The molecular formula is C16H16N4O5S. The molecule has 0 aliphatic rings. The van der Waals surface area contributed by atoms with Crippen molar-refractivity contribution in [1.29, 1.82) is 0 Å². The Morgan fingerprint density at radius 2 is 1.92 bits per heavy atom. The second kappa shape index (κ2) is 8.21. The van der Waals surface area contributed by atoms with Gasteiger partial charge in [-0.3, -0.25) is 14.9 Å². The molecule has 0 aliphatic carbocycles. The van der Waals surface area contributed by atoms with Gasteiger partial charge in [-0.1, -0.05) is 24.3 Å². The summed E-state index contributed by atoms with van der Waals surface area (Å²) in [5.41, 5.74) is 1.01. The Hall–Kier alpha value is -3.27. The molecule has 0 saturated heterocycles. The summed E-state index contributed by atoms with van der Waals surface area (Å²) in [6.07, 6.45) is 1.18. The van der Waals surface area contributed by atoms with Gasteiger partial charge in [-0.25, -0.2) is 4.83 Å². The zero-order valence-corrected chi connectivity index (χ0v) is 14.6. The Morgan fingerprint density at radius 1 is 1.23 bits per heavy atom. The Kier molecular flexibility index (Phi) is 6.02. The first-order valence-corrected chi connectivity index (χ1v) is 8.89. The van der Waals surface area contributed by atoms with E-state index in [9.17, 15) is 23.3 Å². The van der Waals surface area contributed by atoms with Gasteiger partial charge in [0.2, 0.25) is 5.91 Å². The molecule has 0 heterocycles. The number of nitrogens with zero attached hydrogens (tertiary/aromatic N) is 2. The maximum absolute atomic E-state index is 12.2. The highest BCUT2D eigenvalue weighted by Crippen LogP contribution is 2.12. The summed E-state index contributed by atoms with van der Waals surface area (Å²) in [6.45, 7) is 1.69. The van der Waals surface area contributed by atoms with E-state index in [4.69, 9.17) is 0 Å². The number of benzene rings is 2. The minimum atomic E-state index is -3.87. The number of amides is 1. The van der Waals surface area contributed by atoms with Crippen molar-refractivity contribution in [2.75, 3.05) is 0 Å². The average molecular weight is 376 g/mol. The molecule has 0 saturated carbocycles. The lowest BCUT2D eigenvalue weighted by Crippen LogP contribution is -2.20. The molecule has 9 nitrogen and oxygen atoms in total. The van der Waals surface area contributed by atoms with E-state index >= 15 is 0 Å². The molecule has 0 aromatic heterocycles. The topological polar surface area (TPSA) is 131 Å². The summed E-state index contributed by atoms with van der Waals surface area (Å²) >= 11 is 0. The van der Waals surface area contributed by atoms with Crippen LogP contribution in [0.15, 0.2) is 58.5 Å². The van der Waals surface area contributed by atoms with Crippen molar-refractivity contribution in [2.24, 2.45) is 5.10 Å². The first-order valence-electron chi connectivity index (χ1n) is 7.40. The number of hydrogen-bond acceptors (Lipinski definition) is 6. The van der Waals surface area contributed by atoms with Crippen LogP contribution >= 0.6 is 0 Å². The maximum atomic E-state index is 12.2. The van der Waals surface area contributed by atoms with Crippen molar-refractivity contribution < 1.29 is 18.1 Å². The van der Waals surface area contributed by atoms with Crippen molar-refractivity contribution in [1.82, 2.24) is 10.1 Å². The van der Waals surface area contributed by atoms with Crippen molar-refractivity contribution in [3.8, 4) is 0 Å². The first-order chi connectivity index (χ1) is 12.3. The van der Waals surface area contributed by atoms with Gasteiger partial charge in [0.25, 0.3) is 15.7 Å². The fourth-order valence-electron chi connectivity index (χ4n) is 1.95. The lowest BCUT2D eigenvalue weighted by atomic mass is 10.2. The summed E-state index contributed by atoms with van der Waals surface area (Å²) in [6, 6.07) is 11.6. The fourth-order valence-corrected chi connectivity index (χ4v) is 2.75. The molecule has 0 atom stereocenters. The third-order valence-electron chi connectivity index (χ3n) is 3.24. The minimum absolute atomic E-state index is 0.000247. The van der Waals surface area contributed by atoms with Crippen LogP contribution in [0.2, 0.25) is 0 Å². The normalized spacial score (nSPS) is 11.3. The molecule has 0 radical (unpaired) electrons. The standard InChI is InChI=1S/C16H16N4O5S/c1-12(21)17-10-13-5-7-16(8-6-13)26(24,25)19-18-11-14-3-2-4-15(9-14)20(22)23/h2-9,11,19H,10H2,1H3,(H,17,21)/b18-11-. The Bertz CT molecular complexity index is 939. The Balaban J connectivity index is 2.05. The third-order valence-corrected chi connectivity index (χ3v) is 4.48. The molecule has 0 unspecified atom stereocenters. The van der Waals surface area contributed by atoms with Crippen LogP contribution in [0, 0.1) is 10.1 Å². The molecule has 0 fully saturated rings. The van der Waals surface area contributed by atoms with E-state index in [0.29, 0.717) is 12.1 Å². The number of carbonyl (C=O) groups is 1. The number of non-ortho nitro benzene ring substituents is 1. The van der Waals surface area contributed by atoms with Crippen LogP contribution in [0.5, 0.6) is 0 Å². The van der Waals surface area contributed by atoms with Crippen molar-refractivity contribution >= 4 is 27.8 Å². The molecule has 0 aliphatic heterocycles. The summed E-state index contributed by atoms with van der Waals surface area (Å²) < 4.78 is 24.3. The highest BCUT2D eigenvalue weighted by Gasteiger charge is 2.12. The smallest absolute Gasteiger partial charge is 0.276 e. The van der Waals surface area contributed by atoms with Gasteiger partial charge in [-0.05, 0) is 17.7 Å². The zero-order valence-electron chi connectivity index (χ0n) is 13.7. The van der Waals surface area contributed by atoms with Gasteiger partial charge in [0.15, 0.2) is 0 Å². The number of sulfonamides is 1. The van der Waals surface area contributed by atoms with E-state index in [1.165, 1.54) is 43.5 Å². The van der Waals surface area contributed by atoms with E-state index in [-0.39, 0.29) is 16.5 Å². The largest absolute Gasteiger partial charge is 0.352 e. The van der Waals surface area contributed by atoms with Crippen LogP contribution in [0.1, 0.15) is 18.1 Å². The third kappa shape index (κ3) is 5.38. The van der Waals surface area contributed by atoms with E-state index in [1.54, 1.807) is 18.2 Å². The summed E-state index contributed by atoms with van der Waals surface area (Å²) in [5.74, 6) is -0.182. The average Bonchev–Trinajstić information content (AvgIpc) is 2.60. The molecule has 0 spiro atoms. The van der Waals surface area contributed by atoms with Gasteiger partial charge >= 0.3 is 0 Å². The lowest BCUT2D eigenvalue weighted by molar-refractivity contribution is -0.384. The van der Waals surface area contributed by atoms with Crippen LogP contribution in [0.25, 0.3) is 0 Å². The van der Waals surface area contributed by atoms with Gasteiger partial charge < -0.3 is 5.32 Å². The number of carbonyl (C=O) groups excluding carboxylic acids is 1. The highest BCUT2D eigenvalue weighted by molar-refractivity contribution is 7.89. The Labute approximate surface area is 149 Å². The van der Waals surface area contributed by atoms with Gasteiger partial charge in [-0.15, -0.1) is 0 Å². The molecule has 10 heteroatoms. The number of nitro benzene ring substituents is 1. The fraction of sp³-hybridized carbons (Fsp3) is 0.125. The predicted molar refractivity (Wildman–Crippen MR) is 95.0 cm³/mol. The first kappa shape index (κ1) is 19.1. The Morgan fingerprint density at radius 3 is 2.54 bits per heavy atom. The predicted octanol–water partition coefficient (Wildman–Crippen LogP) is 1.54. The van der Waals surface area contributed by atoms with Crippen LogP contribution in [-0.4, -0.2) is 25.5 Å². The van der Waals surface area contributed by atoms with Crippen LogP contribution in [0.3, 0.4) is 0 Å². The number of nitrogens with one attached hydrogen (secondary N) is 2. The second-order valence-electron chi connectivity index (χ2n) is 5.26. The summed E-state index contributed by atoms with van der Waals surface area (Å²) in [5, 5.41) is 16.9. The monoisotopic (exact) mass is 376 g/mol. The van der Waals surface area contributed by atoms with E-state index in [1.807, 2.05) is 4.83 Å². The minimum Gasteiger partial charge on any atom is -0.352 e. The lowest BCUT2D eigenvalue weighted by Gasteiger charge is -2.06. The number of hydrogen-bond donors (Lipinski definition) is 2. The molecule has 26 heavy (non-hydrogen) atoms. The highest BCUT2D eigenvalue weighted by atomic mass is 32.2. The van der Waals surface area contributed by atoms with Crippen LogP contribution < -0.4 is 10.1 Å². The molecule has 1 amide bonds. The van der Waals surface area contributed by atoms with Gasteiger partial charge in [0, 0.05) is 31.2 Å². The molecule has 136 valence electrons. The van der Waals surface area contributed by atoms with Crippen molar-refractivity contribution in [2.45, 2.75) is 18.4 Å².